The molecule has 0 unspecified atom stereocenters. The minimum atomic E-state index is -0.289. The molecule has 0 bridgehead atoms. The highest BCUT2D eigenvalue weighted by atomic mass is 16.3. The second-order valence-electron chi connectivity index (χ2n) is 19.0. The van der Waals surface area contributed by atoms with Crippen molar-refractivity contribution in [1.82, 2.24) is 0 Å². The van der Waals surface area contributed by atoms with Crippen molar-refractivity contribution in [3.05, 3.63) is 241 Å². The predicted octanol–water partition coefficient (Wildman–Crippen LogP) is 18.7. The summed E-state index contributed by atoms with van der Waals surface area (Å²) in [7, 11) is 0. The van der Waals surface area contributed by atoms with E-state index in [0.29, 0.717) is 0 Å². The van der Waals surface area contributed by atoms with E-state index < -0.39 is 0 Å². The van der Waals surface area contributed by atoms with Crippen molar-refractivity contribution in [2.24, 2.45) is 0 Å². The highest BCUT2D eigenvalue weighted by Crippen LogP contribution is 2.57. The highest BCUT2D eigenvalue weighted by molar-refractivity contribution is 6.11. The first-order chi connectivity index (χ1) is 33.8. The summed E-state index contributed by atoms with van der Waals surface area (Å²) in [6.45, 7) is 9.27. The molecule has 0 spiro atoms. The molecule has 4 nitrogen and oxygen atoms in total. The van der Waals surface area contributed by atoms with Gasteiger partial charge in [-0.05, 0) is 132 Å². The van der Waals surface area contributed by atoms with Crippen LogP contribution in [-0.2, 0) is 5.41 Å². The molecule has 0 N–H and O–H groups in total. The minimum Gasteiger partial charge on any atom is -0.455 e. The monoisotopic (exact) mass is 888 g/mol. The topological polar surface area (TPSA) is 32.8 Å². The van der Waals surface area contributed by atoms with E-state index in [0.717, 1.165) is 100 Å². The molecule has 0 saturated carbocycles. The summed E-state index contributed by atoms with van der Waals surface area (Å²) in [5.74, 6) is 0. The maximum atomic E-state index is 6.48. The maximum Gasteiger partial charge on any atom is 0.143 e. The zero-order valence-corrected chi connectivity index (χ0v) is 39.0. The molecule has 2 heterocycles. The highest BCUT2D eigenvalue weighted by Gasteiger charge is 2.39. The van der Waals surface area contributed by atoms with Gasteiger partial charge in [0.25, 0.3) is 0 Å². The number of para-hydroxylation sites is 6. The number of hydrogen-bond acceptors (Lipinski definition) is 4. The van der Waals surface area contributed by atoms with Crippen LogP contribution in [0.2, 0.25) is 0 Å². The number of nitrogens with zero attached hydrogens (tertiary/aromatic N) is 2. The number of aryl methyl sites for hydroxylation is 2. The van der Waals surface area contributed by atoms with Gasteiger partial charge in [0.2, 0.25) is 0 Å². The summed E-state index contributed by atoms with van der Waals surface area (Å²) in [4.78, 5) is 4.85. The van der Waals surface area contributed by atoms with E-state index in [4.69, 9.17) is 8.83 Å². The molecule has 69 heavy (non-hydrogen) atoms. The van der Waals surface area contributed by atoms with Crippen LogP contribution in [0.3, 0.4) is 0 Å². The van der Waals surface area contributed by atoms with Crippen LogP contribution in [0.5, 0.6) is 0 Å². The summed E-state index contributed by atoms with van der Waals surface area (Å²) in [5.41, 5.74) is 22.0. The largest absolute Gasteiger partial charge is 0.455 e. The van der Waals surface area contributed by atoms with Crippen molar-refractivity contribution >= 4 is 78.0 Å². The SMILES string of the molecule is Cc1cc(N(c2ccccc2)c2ccc(-c3cccc4c3oc3ccccc34)cc2)c2c(c1)C(C)(C)c1cc(N(c3ccccc3)c3ccc(-c4cccc5c4oc4ccccc45)cc3)c(C)cc1-2. The zero-order chi connectivity index (χ0) is 46.4. The van der Waals surface area contributed by atoms with E-state index >= 15 is 0 Å². The first-order valence-electron chi connectivity index (χ1n) is 23.8. The Morgan fingerprint density at radius 2 is 0.812 bits per heavy atom. The van der Waals surface area contributed by atoms with E-state index in [1.165, 1.54) is 33.4 Å². The van der Waals surface area contributed by atoms with Gasteiger partial charge in [-0.2, -0.15) is 0 Å². The van der Waals surface area contributed by atoms with Crippen LogP contribution in [0.4, 0.5) is 34.1 Å². The molecule has 330 valence electrons. The molecule has 0 fully saturated rings. The summed E-state index contributed by atoms with van der Waals surface area (Å²) >= 11 is 0. The quantitative estimate of drug-likeness (QED) is 0.152. The van der Waals surface area contributed by atoms with Crippen molar-refractivity contribution in [2.75, 3.05) is 9.80 Å². The molecule has 0 atom stereocenters. The number of benzene rings is 10. The molecule has 10 aromatic carbocycles. The molecule has 12 aromatic rings. The number of hydrogen-bond donors (Lipinski definition) is 0. The lowest BCUT2D eigenvalue weighted by Crippen LogP contribution is -2.18. The molecule has 13 rings (SSSR count). The Morgan fingerprint density at radius 3 is 1.33 bits per heavy atom. The van der Waals surface area contributed by atoms with Crippen molar-refractivity contribution in [3.8, 4) is 33.4 Å². The predicted molar refractivity (Wildman–Crippen MR) is 288 cm³/mol. The van der Waals surface area contributed by atoms with Crippen LogP contribution >= 0.6 is 0 Å². The minimum absolute atomic E-state index is 0.289. The fraction of sp³-hybridized carbons (Fsp3) is 0.0769. The van der Waals surface area contributed by atoms with Crippen LogP contribution in [0, 0.1) is 13.8 Å². The second-order valence-corrected chi connectivity index (χ2v) is 19.0. The Balaban J connectivity index is 0.926. The fourth-order valence-corrected chi connectivity index (χ4v) is 11.1. The molecular weight excluding hydrogens is 841 g/mol. The van der Waals surface area contributed by atoms with E-state index in [1.807, 2.05) is 24.3 Å². The van der Waals surface area contributed by atoms with E-state index in [9.17, 15) is 0 Å². The lowest BCUT2D eigenvalue weighted by molar-refractivity contribution is 0.659. The number of furan rings is 2. The Labute approximate surface area is 401 Å². The Kier molecular flexibility index (Phi) is 9.28. The number of fused-ring (bicyclic) bond motifs is 9. The van der Waals surface area contributed by atoms with Gasteiger partial charge in [0.1, 0.15) is 22.3 Å². The van der Waals surface area contributed by atoms with Crippen LogP contribution < -0.4 is 9.80 Å². The third kappa shape index (κ3) is 6.51. The molecule has 1 aliphatic carbocycles. The van der Waals surface area contributed by atoms with E-state index in [1.54, 1.807) is 0 Å². The third-order valence-electron chi connectivity index (χ3n) is 14.4. The summed E-state index contributed by atoms with van der Waals surface area (Å²) < 4.78 is 12.9. The Hall–Kier alpha value is -8.60. The van der Waals surface area contributed by atoms with Gasteiger partial charge in [-0.25, -0.2) is 0 Å². The molecular formula is C65H48N2O2. The first-order valence-corrected chi connectivity index (χ1v) is 23.8. The van der Waals surface area contributed by atoms with Gasteiger partial charge in [-0.3, -0.25) is 0 Å². The Morgan fingerprint density at radius 1 is 0.362 bits per heavy atom. The average Bonchev–Trinajstić information content (AvgIpc) is 4.03. The summed E-state index contributed by atoms with van der Waals surface area (Å²) in [6.07, 6.45) is 0. The smallest absolute Gasteiger partial charge is 0.143 e. The molecule has 2 aromatic heterocycles. The van der Waals surface area contributed by atoms with Crippen molar-refractivity contribution in [3.63, 3.8) is 0 Å². The van der Waals surface area contributed by atoms with Crippen LogP contribution in [0.25, 0.3) is 77.3 Å². The van der Waals surface area contributed by atoms with Gasteiger partial charge in [0, 0.05) is 72.1 Å². The van der Waals surface area contributed by atoms with Gasteiger partial charge in [0.05, 0.1) is 5.69 Å². The normalized spacial score (nSPS) is 12.8. The van der Waals surface area contributed by atoms with Crippen molar-refractivity contribution in [1.29, 1.82) is 0 Å². The van der Waals surface area contributed by atoms with Gasteiger partial charge in [0.15, 0.2) is 0 Å². The third-order valence-corrected chi connectivity index (χ3v) is 14.4. The summed E-state index contributed by atoms with van der Waals surface area (Å²) in [6, 6.07) is 78.6. The molecule has 0 radical (unpaired) electrons. The second kappa shape index (κ2) is 15.8. The van der Waals surface area contributed by atoms with Gasteiger partial charge in [-0.15, -0.1) is 0 Å². The average molecular weight is 889 g/mol. The molecule has 0 amide bonds. The summed E-state index contributed by atoms with van der Waals surface area (Å²) in [5, 5.41) is 4.53. The van der Waals surface area contributed by atoms with Crippen molar-refractivity contribution in [2.45, 2.75) is 33.1 Å². The molecule has 0 saturated heterocycles. The van der Waals surface area contributed by atoms with Gasteiger partial charge >= 0.3 is 0 Å². The Bertz CT molecular complexity index is 3940. The number of anilines is 6. The van der Waals surface area contributed by atoms with Crippen LogP contribution in [0.15, 0.2) is 227 Å². The molecule has 1 aliphatic rings. The lowest BCUT2D eigenvalue weighted by Gasteiger charge is -2.29. The molecule has 0 aliphatic heterocycles. The standard InChI is InChI=1S/C65H48N2O2/c1-41-37-57-62(59(38-41)67(46-19-9-6-10-20-46)48-35-31-44(32-36-48)50-24-16-26-54-52-22-12-14-28-61(52)69-64(50)54)55-39-42(2)58(40-56(55)65(57,3)4)66(45-17-7-5-8-18-45)47-33-29-43(30-34-47)49-23-15-25-53-51-21-11-13-27-60(51)68-63(49)53/h5-40H,1-4H3. The number of rotatable bonds is 8. The van der Waals surface area contributed by atoms with Gasteiger partial charge < -0.3 is 18.6 Å². The van der Waals surface area contributed by atoms with E-state index in [-0.39, 0.29) is 5.41 Å². The lowest BCUT2D eigenvalue weighted by atomic mass is 9.81. The molecule has 4 heteroatoms. The maximum absolute atomic E-state index is 6.48. The fourth-order valence-electron chi connectivity index (χ4n) is 11.1. The van der Waals surface area contributed by atoms with Crippen molar-refractivity contribution < 1.29 is 8.83 Å². The van der Waals surface area contributed by atoms with E-state index in [2.05, 4.69) is 232 Å². The van der Waals surface area contributed by atoms with Crippen LogP contribution in [0.1, 0.15) is 36.1 Å². The first kappa shape index (κ1) is 40.7. The van der Waals surface area contributed by atoms with Crippen LogP contribution in [-0.4, -0.2) is 0 Å². The van der Waals surface area contributed by atoms with Gasteiger partial charge in [-0.1, -0.05) is 153 Å². The zero-order valence-electron chi connectivity index (χ0n) is 39.0.